The van der Waals surface area contributed by atoms with Crippen LogP contribution in [0.1, 0.15) is 18.7 Å². The van der Waals surface area contributed by atoms with E-state index in [4.69, 9.17) is 18.6 Å². The van der Waals surface area contributed by atoms with Gasteiger partial charge in [0.1, 0.15) is 17.3 Å². The minimum Gasteiger partial charge on any atom is -0.497 e. The van der Waals surface area contributed by atoms with Crippen molar-refractivity contribution >= 4 is 11.9 Å². The van der Waals surface area contributed by atoms with Gasteiger partial charge in [-0.05, 0) is 43.3 Å². The molecule has 1 amide bonds. The molecule has 0 radical (unpaired) electrons. The van der Waals surface area contributed by atoms with Crippen molar-refractivity contribution in [1.29, 1.82) is 0 Å². The lowest BCUT2D eigenvalue weighted by atomic mass is 10.2. The molecule has 0 aliphatic rings. The number of esters is 1. The molecule has 2 rings (SSSR count). The van der Waals surface area contributed by atoms with Gasteiger partial charge in [-0.15, -0.1) is 0 Å². The summed E-state index contributed by atoms with van der Waals surface area (Å²) in [6.45, 7) is 1.11. The van der Waals surface area contributed by atoms with Crippen LogP contribution in [0.5, 0.6) is 11.5 Å². The second-order valence-electron chi connectivity index (χ2n) is 4.93. The quantitative estimate of drug-likeness (QED) is 0.744. The van der Waals surface area contributed by atoms with Gasteiger partial charge in [0.2, 0.25) is 0 Å². The first kappa shape index (κ1) is 17.4. The Morgan fingerprint density at radius 3 is 2.46 bits per heavy atom. The number of furan rings is 1. The highest BCUT2D eigenvalue weighted by molar-refractivity contribution is 5.81. The average molecular weight is 333 g/mol. The summed E-state index contributed by atoms with van der Waals surface area (Å²) in [4.78, 5) is 23.3. The van der Waals surface area contributed by atoms with Gasteiger partial charge < -0.3 is 23.9 Å². The second kappa shape index (κ2) is 8.61. The molecule has 1 aromatic heterocycles. The van der Waals surface area contributed by atoms with Crippen LogP contribution in [0.25, 0.3) is 0 Å². The SMILES string of the molecule is COc1ccc(OCC(=O)OCC(=O)N[C@@H](C)c2ccco2)cc1. The monoisotopic (exact) mass is 333 g/mol. The van der Waals surface area contributed by atoms with Crippen molar-refractivity contribution < 1.29 is 28.2 Å². The van der Waals surface area contributed by atoms with E-state index in [0.29, 0.717) is 17.3 Å². The van der Waals surface area contributed by atoms with Gasteiger partial charge in [0, 0.05) is 0 Å². The fourth-order valence-corrected chi connectivity index (χ4v) is 1.89. The van der Waals surface area contributed by atoms with Crippen molar-refractivity contribution in [3.05, 3.63) is 48.4 Å². The van der Waals surface area contributed by atoms with E-state index >= 15 is 0 Å². The predicted molar refractivity (Wildman–Crippen MR) is 84.7 cm³/mol. The van der Waals surface area contributed by atoms with Gasteiger partial charge in [-0.1, -0.05) is 0 Å². The highest BCUT2D eigenvalue weighted by Gasteiger charge is 2.13. The highest BCUT2D eigenvalue weighted by atomic mass is 16.6. The molecule has 0 unspecified atom stereocenters. The van der Waals surface area contributed by atoms with Crippen molar-refractivity contribution in [3.8, 4) is 11.5 Å². The second-order valence-corrected chi connectivity index (χ2v) is 4.93. The van der Waals surface area contributed by atoms with Crippen LogP contribution in [0.2, 0.25) is 0 Å². The van der Waals surface area contributed by atoms with Crippen LogP contribution in [0.3, 0.4) is 0 Å². The van der Waals surface area contributed by atoms with E-state index < -0.39 is 11.9 Å². The summed E-state index contributed by atoms with van der Waals surface area (Å²) in [5.74, 6) is 0.761. The zero-order valence-electron chi connectivity index (χ0n) is 13.5. The lowest BCUT2D eigenvalue weighted by Gasteiger charge is -2.12. The third-order valence-corrected chi connectivity index (χ3v) is 3.13. The normalized spacial score (nSPS) is 11.4. The Morgan fingerprint density at radius 2 is 1.83 bits per heavy atom. The lowest BCUT2D eigenvalue weighted by molar-refractivity contribution is -0.150. The molecule has 0 bridgehead atoms. The van der Waals surface area contributed by atoms with E-state index in [-0.39, 0.29) is 19.3 Å². The molecule has 0 saturated heterocycles. The Morgan fingerprint density at radius 1 is 1.12 bits per heavy atom. The molecular weight excluding hydrogens is 314 g/mol. The molecule has 1 atom stereocenters. The van der Waals surface area contributed by atoms with Gasteiger partial charge in [-0.25, -0.2) is 4.79 Å². The van der Waals surface area contributed by atoms with Crippen LogP contribution in [0.4, 0.5) is 0 Å². The smallest absolute Gasteiger partial charge is 0.344 e. The van der Waals surface area contributed by atoms with E-state index in [1.165, 1.54) is 6.26 Å². The standard InChI is InChI=1S/C17H19NO6/c1-12(15-4-3-9-22-15)18-16(19)10-24-17(20)11-23-14-7-5-13(21-2)6-8-14/h3-9,12H,10-11H2,1-2H3,(H,18,19)/t12-/m0/s1. The number of rotatable bonds is 8. The Labute approximate surface area is 139 Å². The number of hydrogen-bond acceptors (Lipinski definition) is 6. The van der Waals surface area contributed by atoms with E-state index in [0.717, 1.165) is 0 Å². The van der Waals surface area contributed by atoms with Crippen LogP contribution in [0, 0.1) is 0 Å². The number of nitrogens with one attached hydrogen (secondary N) is 1. The summed E-state index contributed by atoms with van der Waals surface area (Å²) >= 11 is 0. The molecule has 0 saturated carbocycles. The van der Waals surface area contributed by atoms with Gasteiger partial charge in [-0.3, -0.25) is 4.79 Å². The third-order valence-electron chi connectivity index (χ3n) is 3.13. The molecule has 0 aliphatic carbocycles. The van der Waals surface area contributed by atoms with Gasteiger partial charge >= 0.3 is 5.97 Å². The molecule has 0 aliphatic heterocycles. The van der Waals surface area contributed by atoms with Crippen LogP contribution in [-0.2, 0) is 14.3 Å². The lowest BCUT2D eigenvalue weighted by Crippen LogP contribution is -2.31. The summed E-state index contributed by atoms with van der Waals surface area (Å²) in [7, 11) is 1.56. The van der Waals surface area contributed by atoms with E-state index in [1.54, 1.807) is 50.4 Å². The van der Waals surface area contributed by atoms with Crippen LogP contribution in [-0.4, -0.2) is 32.2 Å². The van der Waals surface area contributed by atoms with Crippen molar-refractivity contribution in [1.82, 2.24) is 5.32 Å². The maximum Gasteiger partial charge on any atom is 0.344 e. The molecule has 24 heavy (non-hydrogen) atoms. The number of amides is 1. The van der Waals surface area contributed by atoms with E-state index in [2.05, 4.69) is 5.32 Å². The number of carbonyl (C=O) groups is 2. The first-order chi connectivity index (χ1) is 11.6. The van der Waals surface area contributed by atoms with Gasteiger partial charge in [-0.2, -0.15) is 0 Å². The Bertz CT molecular complexity index is 650. The molecule has 2 aromatic rings. The minimum atomic E-state index is -0.633. The maximum atomic E-state index is 11.7. The maximum absolute atomic E-state index is 11.7. The molecule has 0 fully saturated rings. The topological polar surface area (TPSA) is 87.0 Å². The van der Waals surface area contributed by atoms with Gasteiger partial charge in [0.15, 0.2) is 13.2 Å². The number of benzene rings is 1. The fourth-order valence-electron chi connectivity index (χ4n) is 1.89. The van der Waals surface area contributed by atoms with Crippen LogP contribution < -0.4 is 14.8 Å². The molecule has 7 nitrogen and oxygen atoms in total. The number of carbonyl (C=O) groups excluding carboxylic acids is 2. The average Bonchev–Trinajstić information content (AvgIpc) is 3.13. The number of methoxy groups -OCH3 is 1. The molecule has 1 N–H and O–H groups in total. The van der Waals surface area contributed by atoms with Gasteiger partial charge in [0.25, 0.3) is 5.91 Å². The van der Waals surface area contributed by atoms with Crippen molar-refractivity contribution in [2.45, 2.75) is 13.0 Å². The third kappa shape index (κ3) is 5.35. The van der Waals surface area contributed by atoms with Crippen molar-refractivity contribution in [2.24, 2.45) is 0 Å². The largest absolute Gasteiger partial charge is 0.497 e. The fraction of sp³-hybridized carbons (Fsp3) is 0.294. The van der Waals surface area contributed by atoms with Crippen LogP contribution >= 0.6 is 0 Å². The molecule has 1 aromatic carbocycles. The Hall–Kier alpha value is -2.96. The summed E-state index contributed by atoms with van der Waals surface area (Å²) < 4.78 is 20.3. The molecule has 1 heterocycles. The minimum absolute atomic E-state index is 0.284. The molecule has 7 heteroatoms. The first-order valence-electron chi connectivity index (χ1n) is 7.33. The summed E-state index contributed by atoms with van der Waals surface area (Å²) in [5, 5.41) is 2.66. The molecular formula is C17H19NO6. The van der Waals surface area contributed by atoms with Crippen LogP contribution in [0.15, 0.2) is 47.1 Å². The predicted octanol–water partition coefficient (Wildman–Crippen LogP) is 2.09. The highest BCUT2D eigenvalue weighted by Crippen LogP contribution is 2.16. The Balaban J connectivity index is 1.67. The summed E-state index contributed by atoms with van der Waals surface area (Å²) in [5.41, 5.74) is 0. The number of ether oxygens (including phenoxy) is 3. The summed E-state index contributed by atoms with van der Waals surface area (Å²) in [6.07, 6.45) is 1.52. The molecule has 128 valence electrons. The summed E-state index contributed by atoms with van der Waals surface area (Å²) in [6, 6.07) is 9.94. The zero-order chi connectivity index (χ0) is 17.4. The Kier molecular flexibility index (Phi) is 6.24. The van der Waals surface area contributed by atoms with Crippen molar-refractivity contribution in [2.75, 3.05) is 20.3 Å². The number of hydrogen-bond donors (Lipinski definition) is 1. The van der Waals surface area contributed by atoms with E-state index in [9.17, 15) is 9.59 Å². The van der Waals surface area contributed by atoms with E-state index in [1.807, 2.05) is 0 Å². The van der Waals surface area contributed by atoms with Gasteiger partial charge in [0.05, 0.1) is 19.4 Å². The van der Waals surface area contributed by atoms with Crippen molar-refractivity contribution in [3.63, 3.8) is 0 Å². The molecule has 0 spiro atoms. The first-order valence-corrected chi connectivity index (χ1v) is 7.33. The zero-order valence-corrected chi connectivity index (χ0v) is 13.5.